The van der Waals surface area contributed by atoms with Gasteiger partial charge in [0, 0.05) is 6.42 Å². The van der Waals surface area contributed by atoms with Crippen LogP contribution in [-0.2, 0) is 11.2 Å². The van der Waals surface area contributed by atoms with Crippen molar-refractivity contribution in [2.24, 2.45) is 0 Å². The van der Waals surface area contributed by atoms with Crippen LogP contribution < -0.4 is 9.64 Å². The number of anilines is 1. The molecule has 0 bridgehead atoms. The van der Waals surface area contributed by atoms with Crippen molar-refractivity contribution in [2.45, 2.75) is 12.8 Å². The highest BCUT2D eigenvalue weighted by Gasteiger charge is 2.36. The molecule has 0 aliphatic carbocycles. The largest absolute Gasteiger partial charge is 0.427 e. The van der Waals surface area contributed by atoms with Crippen LogP contribution in [0.1, 0.15) is 32.7 Å². The standard InChI is InChI=1S/C23H17NO4/c25-21(15-10-16-6-2-1-3-7-16)28-18-13-11-17(12-14-18)24-22(26)19-8-4-5-9-20(19)23(24)27/h1-9,11-14H,10,15H2. The van der Waals surface area contributed by atoms with Gasteiger partial charge in [-0.25, -0.2) is 4.90 Å². The summed E-state index contributed by atoms with van der Waals surface area (Å²) in [5.41, 5.74) is 2.29. The lowest BCUT2D eigenvalue weighted by Gasteiger charge is -2.14. The minimum atomic E-state index is -0.354. The molecule has 1 heterocycles. The molecule has 0 aromatic heterocycles. The second-order valence-electron chi connectivity index (χ2n) is 6.44. The van der Waals surface area contributed by atoms with E-state index < -0.39 is 0 Å². The molecule has 0 spiro atoms. The van der Waals surface area contributed by atoms with Crippen LogP contribution >= 0.6 is 0 Å². The number of carbonyl (C=O) groups excluding carboxylic acids is 3. The number of amides is 2. The smallest absolute Gasteiger partial charge is 0.311 e. The Hall–Kier alpha value is -3.73. The molecule has 1 aliphatic heterocycles. The molecular weight excluding hydrogens is 354 g/mol. The van der Waals surface area contributed by atoms with Crippen molar-refractivity contribution in [1.82, 2.24) is 0 Å². The maximum atomic E-state index is 12.5. The molecule has 0 saturated heterocycles. The van der Waals surface area contributed by atoms with Gasteiger partial charge >= 0.3 is 5.97 Å². The van der Waals surface area contributed by atoms with Gasteiger partial charge in [-0.3, -0.25) is 14.4 Å². The van der Waals surface area contributed by atoms with Crippen molar-refractivity contribution in [2.75, 3.05) is 4.90 Å². The van der Waals surface area contributed by atoms with Crippen molar-refractivity contribution in [3.05, 3.63) is 95.6 Å². The van der Waals surface area contributed by atoms with E-state index in [0.29, 0.717) is 29.0 Å². The SMILES string of the molecule is O=C(CCc1ccccc1)Oc1ccc(N2C(=O)c3ccccc3C2=O)cc1. The van der Waals surface area contributed by atoms with Crippen molar-refractivity contribution in [1.29, 1.82) is 0 Å². The summed E-state index contributed by atoms with van der Waals surface area (Å²) in [4.78, 5) is 38.2. The second-order valence-corrected chi connectivity index (χ2v) is 6.44. The van der Waals surface area contributed by atoms with E-state index in [1.54, 1.807) is 48.5 Å². The van der Waals surface area contributed by atoms with Crippen LogP contribution in [-0.4, -0.2) is 17.8 Å². The van der Waals surface area contributed by atoms with Gasteiger partial charge in [-0.2, -0.15) is 0 Å². The summed E-state index contributed by atoms with van der Waals surface area (Å²) < 4.78 is 5.34. The highest BCUT2D eigenvalue weighted by molar-refractivity contribution is 6.34. The number of hydrogen-bond donors (Lipinski definition) is 0. The first-order valence-electron chi connectivity index (χ1n) is 8.96. The van der Waals surface area contributed by atoms with Crippen molar-refractivity contribution in [3.63, 3.8) is 0 Å². The molecule has 0 unspecified atom stereocenters. The van der Waals surface area contributed by atoms with E-state index in [2.05, 4.69) is 0 Å². The third-order valence-electron chi connectivity index (χ3n) is 4.58. The monoisotopic (exact) mass is 371 g/mol. The first-order valence-corrected chi connectivity index (χ1v) is 8.96. The number of fused-ring (bicyclic) bond motifs is 1. The minimum Gasteiger partial charge on any atom is -0.427 e. The summed E-state index contributed by atoms with van der Waals surface area (Å²) in [6.45, 7) is 0. The van der Waals surface area contributed by atoms with Crippen LogP contribution in [0.15, 0.2) is 78.9 Å². The molecule has 3 aromatic rings. The summed E-state index contributed by atoms with van der Waals surface area (Å²) in [6.07, 6.45) is 0.872. The van der Waals surface area contributed by atoms with E-state index in [1.165, 1.54) is 0 Å². The number of imide groups is 1. The molecule has 0 radical (unpaired) electrons. The Labute approximate surface area is 162 Å². The van der Waals surface area contributed by atoms with Crippen LogP contribution in [0.4, 0.5) is 5.69 Å². The third-order valence-corrected chi connectivity index (χ3v) is 4.58. The highest BCUT2D eigenvalue weighted by atomic mass is 16.5. The fraction of sp³-hybridized carbons (Fsp3) is 0.0870. The Kier molecular flexibility index (Phi) is 4.72. The maximum Gasteiger partial charge on any atom is 0.311 e. The Balaban J connectivity index is 1.41. The molecule has 5 heteroatoms. The van der Waals surface area contributed by atoms with Gasteiger partial charge in [0.05, 0.1) is 16.8 Å². The highest BCUT2D eigenvalue weighted by Crippen LogP contribution is 2.29. The van der Waals surface area contributed by atoms with E-state index in [0.717, 1.165) is 10.5 Å². The van der Waals surface area contributed by atoms with Gasteiger partial charge in [0.1, 0.15) is 5.75 Å². The van der Waals surface area contributed by atoms with Crippen LogP contribution in [0.25, 0.3) is 0 Å². The number of benzene rings is 3. The molecule has 4 rings (SSSR count). The van der Waals surface area contributed by atoms with E-state index in [9.17, 15) is 14.4 Å². The van der Waals surface area contributed by atoms with Gasteiger partial charge in [-0.05, 0) is 48.4 Å². The van der Waals surface area contributed by atoms with Crippen molar-refractivity contribution in [3.8, 4) is 5.75 Å². The van der Waals surface area contributed by atoms with Crippen LogP contribution in [0, 0.1) is 0 Å². The van der Waals surface area contributed by atoms with Gasteiger partial charge in [-0.1, -0.05) is 42.5 Å². The van der Waals surface area contributed by atoms with Crippen molar-refractivity contribution >= 4 is 23.5 Å². The van der Waals surface area contributed by atoms with Gasteiger partial charge < -0.3 is 4.74 Å². The number of rotatable bonds is 5. The molecule has 2 amide bonds. The second kappa shape index (κ2) is 7.48. The lowest BCUT2D eigenvalue weighted by atomic mass is 10.1. The average molecular weight is 371 g/mol. The number of esters is 1. The molecule has 0 N–H and O–H groups in total. The molecule has 138 valence electrons. The normalized spacial score (nSPS) is 12.8. The Morgan fingerprint density at radius 2 is 1.32 bits per heavy atom. The van der Waals surface area contributed by atoms with E-state index >= 15 is 0 Å². The zero-order valence-corrected chi connectivity index (χ0v) is 15.0. The van der Waals surface area contributed by atoms with Crippen LogP contribution in [0.3, 0.4) is 0 Å². The number of nitrogens with zero attached hydrogens (tertiary/aromatic N) is 1. The van der Waals surface area contributed by atoms with Crippen molar-refractivity contribution < 1.29 is 19.1 Å². The average Bonchev–Trinajstić information content (AvgIpc) is 2.99. The fourth-order valence-corrected chi connectivity index (χ4v) is 3.16. The predicted octanol–water partition coefficient (Wildman–Crippen LogP) is 4.03. The predicted molar refractivity (Wildman–Crippen MR) is 104 cm³/mol. The Morgan fingerprint density at radius 3 is 1.93 bits per heavy atom. The first-order chi connectivity index (χ1) is 13.6. The summed E-state index contributed by atoms with van der Waals surface area (Å²) in [6, 6.07) is 22.8. The molecular formula is C23H17NO4. The van der Waals surface area contributed by atoms with Gasteiger partial charge in [0.2, 0.25) is 0 Å². The molecule has 0 atom stereocenters. The van der Waals surface area contributed by atoms with Gasteiger partial charge in [-0.15, -0.1) is 0 Å². The summed E-state index contributed by atoms with van der Waals surface area (Å²) in [5, 5.41) is 0. The minimum absolute atomic E-state index is 0.268. The van der Waals surface area contributed by atoms with E-state index in [4.69, 9.17) is 4.74 Å². The van der Waals surface area contributed by atoms with Gasteiger partial charge in [0.15, 0.2) is 0 Å². The first kappa shape index (κ1) is 17.7. The number of ether oxygens (including phenoxy) is 1. The number of hydrogen-bond acceptors (Lipinski definition) is 4. The third kappa shape index (κ3) is 3.42. The zero-order valence-electron chi connectivity index (χ0n) is 15.0. The molecule has 0 fully saturated rings. The van der Waals surface area contributed by atoms with Crippen LogP contribution in [0.2, 0.25) is 0 Å². The Bertz CT molecular complexity index is 1010. The molecule has 0 saturated carbocycles. The van der Waals surface area contributed by atoms with E-state index in [1.807, 2.05) is 30.3 Å². The molecule has 1 aliphatic rings. The lowest BCUT2D eigenvalue weighted by Crippen LogP contribution is -2.29. The molecule has 5 nitrogen and oxygen atoms in total. The summed E-state index contributed by atoms with van der Waals surface area (Å²) >= 11 is 0. The summed E-state index contributed by atoms with van der Waals surface area (Å²) in [7, 11) is 0. The summed E-state index contributed by atoms with van der Waals surface area (Å²) in [5.74, 6) is -0.669. The maximum absolute atomic E-state index is 12.5. The lowest BCUT2D eigenvalue weighted by molar-refractivity contribution is -0.134. The fourth-order valence-electron chi connectivity index (χ4n) is 3.16. The Morgan fingerprint density at radius 1 is 0.750 bits per heavy atom. The molecule has 28 heavy (non-hydrogen) atoms. The molecule has 3 aromatic carbocycles. The number of aryl methyl sites for hydroxylation is 1. The van der Waals surface area contributed by atoms with Crippen LogP contribution in [0.5, 0.6) is 5.75 Å². The van der Waals surface area contributed by atoms with Gasteiger partial charge in [0.25, 0.3) is 11.8 Å². The topological polar surface area (TPSA) is 63.7 Å². The van der Waals surface area contributed by atoms with E-state index in [-0.39, 0.29) is 24.2 Å². The number of carbonyl (C=O) groups is 3. The zero-order chi connectivity index (χ0) is 19.5. The quantitative estimate of drug-likeness (QED) is 0.386.